The number of hydrogen-bond donors (Lipinski definition) is 0. The third kappa shape index (κ3) is 2.45. The highest BCUT2D eigenvalue weighted by atomic mass is 127. The first kappa shape index (κ1) is 11.6. The van der Waals surface area contributed by atoms with Crippen molar-refractivity contribution >= 4 is 28.5 Å². The lowest BCUT2D eigenvalue weighted by Crippen LogP contribution is -2.23. The predicted molar refractivity (Wildman–Crippen MR) is 68.6 cm³/mol. The molecule has 1 aliphatic rings. The van der Waals surface area contributed by atoms with Gasteiger partial charge >= 0.3 is 0 Å². The van der Waals surface area contributed by atoms with Crippen molar-refractivity contribution in [3.63, 3.8) is 0 Å². The molecule has 0 unspecified atom stereocenters. The smallest absolute Gasteiger partial charge is 0.257 e. The van der Waals surface area contributed by atoms with Crippen molar-refractivity contribution in [2.24, 2.45) is 0 Å². The SMILES string of the molecule is CN(C)C(=O)c1ccnc(I)c1OC1CC1. The maximum Gasteiger partial charge on any atom is 0.257 e. The van der Waals surface area contributed by atoms with Gasteiger partial charge in [-0.1, -0.05) is 0 Å². The molecule has 0 aromatic carbocycles. The zero-order valence-electron chi connectivity index (χ0n) is 9.24. The standard InChI is InChI=1S/C11H13IN2O2/c1-14(2)11(15)8-5-6-13-10(12)9(8)16-7-3-4-7/h5-7H,3-4H2,1-2H3. The Hall–Kier alpha value is -0.850. The van der Waals surface area contributed by atoms with Crippen LogP contribution in [0.1, 0.15) is 23.2 Å². The molecule has 4 nitrogen and oxygen atoms in total. The Labute approximate surface area is 108 Å². The highest BCUT2D eigenvalue weighted by molar-refractivity contribution is 14.1. The summed E-state index contributed by atoms with van der Waals surface area (Å²) in [4.78, 5) is 17.6. The maximum atomic E-state index is 11.9. The summed E-state index contributed by atoms with van der Waals surface area (Å²) in [7, 11) is 3.47. The van der Waals surface area contributed by atoms with Gasteiger partial charge in [-0.25, -0.2) is 4.98 Å². The molecule has 1 amide bonds. The van der Waals surface area contributed by atoms with E-state index in [9.17, 15) is 4.79 Å². The molecule has 2 rings (SSSR count). The summed E-state index contributed by atoms with van der Waals surface area (Å²) in [6, 6.07) is 1.71. The van der Waals surface area contributed by atoms with E-state index in [1.54, 1.807) is 31.3 Å². The summed E-state index contributed by atoms with van der Waals surface area (Å²) in [5.74, 6) is 0.584. The van der Waals surface area contributed by atoms with Gasteiger partial charge in [0.15, 0.2) is 5.75 Å². The van der Waals surface area contributed by atoms with Gasteiger partial charge in [-0.3, -0.25) is 4.79 Å². The number of hydrogen-bond acceptors (Lipinski definition) is 3. The molecule has 0 N–H and O–H groups in total. The zero-order valence-corrected chi connectivity index (χ0v) is 11.4. The van der Waals surface area contributed by atoms with Gasteiger partial charge in [-0.05, 0) is 41.5 Å². The summed E-state index contributed by atoms with van der Waals surface area (Å²) in [6.07, 6.45) is 4.05. The molecule has 1 aromatic rings. The van der Waals surface area contributed by atoms with Crippen LogP contribution in [0.3, 0.4) is 0 Å². The Morgan fingerprint density at radius 3 is 2.81 bits per heavy atom. The lowest BCUT2D eigenvalue weighted by molar-refractivity contribution is 0.0822. The fourth-order valence-electron chi connectivity index (χ4n) is 1.30. The minimum atomic E-state index is -0.0454. The van der Waals surface area contributed by atoms with E-state index >= 15 is 0 Å². The molecule has 1 aliphatic carbocycles. The average Bonchev–Trinajstić information content (AvgIpc) is 3.03. The molecule has 0 radical (unpaired) electrons. The molecule has 1 aromatic heterocycles. The lowest BCUT2D eigenvalue weighted by atomic mass is 10.2. The third-order valence-corrected chi connectivity index (χ3v) is 3.07. The molecule has 0 saturated heterocycles. The van der Waals surface area contributed by atoms with Crippen LogP contribution in [0, 0.1) is 3.70 Å². The first-order valence-corrected chi connectivity index (χ1v) is 6.20. The minimum absolute atomic E-state index is 0.0454. The molecule has 1 fully saturated rings. The lowest BCUT2D eigenvalue weighted by Gasteiger charge is -2.15. The van der Waals surface area contributed by atoms with Crippen LogP contribution in [0.5, 0.6) is 5.75 Å². The molecule has 86 valence electrons. The van der Waals surface area contributed by atoms with Crippen LogP contribution in [0.2, 0.25) is 0 Å². The quantitative estimate of drug-likeness (QED) is 0.627. The predicted octanol–water partition coefficient (Wildman–Crippen LogP) is 1.93. The van der Waals surface area contributed by atoms with E-state index in [4.69, 9.17) is 4.74 Å². The van der Waals surface area contributed by atoms with Crippen LogP contribution in [-0.2, 0) is 0 Å². The largest absolute Gasteiger partial charge is 0.487 e. The second-order valence-electron chi connectivity index (χ2n) is 4.00. The van der Waals surface area contributed by atoms with Crippen LogP contribution in [0.15, 0.2) is 12.3 Å². The number of halogens is 1. The van der Waals surface area contributed by atoms with E-state index in [0.717, 1.165) is 16.5 Å². The Bertz CT molecular complexity index is 416. The molecule has 16 heavy (non-hydrogen) atoms. The van der Waals surface area contributed by atoms with Gasteiger partial charge in [0.05, 0.1) is 11.7 Å². The fourth-order valence-corrected chi connectivity index (χ4v) is 1.88. The molecule has 1 saturated carbocycles. The zero-order chi connectivity index (χ0) is 11.7. The number of carbonyl (C=O) groups excluding carboxylic acids is 1. The summed E-state index contributed by atoms with van der Waals surface area (Å²) in [5, 5.41) is 0. The van der Waals surface area contributed by atoms with E-state index in [0.29, 0.717) is 11.3 Å². The van der Waals surface area contributed by atoms with Gasteiger partial charge in [0.2, 0.25) is 0 Å². The maximum absolute atomic E-state index is 11.9. The van der Waals surface area contributed by atoms with Crippen molar-refractivity contribution in [1.82, 2.24) is 9.88 Å². The first-order valence-electron chi connectivity index (χ1n) is 5.12. The van der Waals surface area contributed by atoms with E-state index in [1.807, 2.05) is 0 Å². The molecular weight excluding hydrogens is 319 g/mol. The summed E-state index contributed by atoms with van der Waals surface area (Å²) in [6.45, 7) is 0. The van der Waals surface area contributed by atoms with Crippen molar-refractivity contribution in [3.05, 3.63) is 21.5 Å². The van der Waals surface area contributed by atoms with Crippen LogP contribution >= 0.6 is 22.6 Å². The van der Waals surface area contributed by atoms with Crippen molar-refractivity contribution in [1.29, 1.82) is 0 Å². The fraction of sp³-hybridized carbons (Fsp3) is 0.455. The third-order valence-electron chi connectivity index (χ3n) is 2.31. The molecule has 1 heterocycles. The van der Waals surface area contributed by atoms with Gasteiger partial charge in [-0.15, -0.1) is 0 Å². The van der Waals surface area contributed by atoms with Crippen molar-refractivity contribution in [3.8, 4) is 5.75 Å². The second-order valence-corrected chi connectivity index (χ2v) is 5.02. The highest BCUT2D eigenvalue weighted by Crippen LogP contribution is 2.32. The highest BCUT2D eigenvalue weighted by Gasteiger charge is 2.27. The topological polar surface area (TPSA) is 42.4 Å². The van der Waals surface area contributed by atoms with E-state index in [2.05, 4.69) is 27.6 Å². The Kier molecular flexibility index (Phi) is 3.32. The van der Waals surface area contributed by atoms with Gasteiger partial charge in [0, 0.05) is 20.3 Å². The summed E-state index contributed by atoms with van der Waals surface area (Å²) >= 11 is 2.10. The summed E-state index contributed by atoms with van der Waals surface area (Å²) < 4.78 is 6.49. The van der Waals surface area contributed by atoms with Gasteiger partial charge in [0.1, 0.15) is 3.70 Å². The van der Waals surface area contributed by atoms with Gasteiger partial charge < -0.3 is 9.64 Å². The number of amides is 1. The van der Waals surface area contributed by atoms with E-state index in [1.165, 1.54) is 0 Å². The summed E-state index contributed by atoms with van der Waals surface area (Å²) in [5.41, 5.74) is 0.594. The number of nitrogens with zero attached hydrogens (tertiary/aromatic N) is 2. The Morgan fingerprint density at radius 2 is 2.25 bits per heavy atom. The van der Waals surface area contributed by atoms with Crippen LogP contribution in [0.25, 0.3) is 0 Å². The number of ether oxygens (including phenoxy) is 1. The average molecular weight is 332 g/mol. The number of aromatic nitrogens is 1. The number of rotatable bonds is 3. The molecule has 0 spiro atoms. The molecule has 0 atom stereocenters. The molecular formula is C11H13IN2O2. The molecule has 0 aliphatic heterocycles. The van der Waals surface area contributed by atoms with E-state index < -0.39 is 0 Å². The first-order chi connectivity index (χ1) is 7.59. The molecule has 0 bridgehead atoms. The van der Waals surface area contributed by atoms with Crippen molar-refractivity contribution in [2.45, 2.75) is 18.9 Å². The minimum Gasteiger partial charge on any atom is -0.487 e. The van der Waals surface area contributed by atoms with Crippen LogP contribution < -0.4 is 4.74 Å². The monoisotopic (exact) mass is 332 g/mol. The normalized spacial score (nSPS) is 14.7. The number of pyridine rings is 1. The number of carbonyl (C=O) groups is 1. The van der Waals surface area contributed by atoms with Crippen molar-refractivity contribution in [2.75, 3.05) is 14.1 Å². The Balaban J connectivity index is 2.34. The van der Waals surface area contributed by atoms with Crippen LogP contribution in [-0.4, -0.2) is 36.0 Å². The second kappa shape index (κ2) is 4.57. The van der Waals surface area contributed by atoms with E-state index in [-0.39, 0.29) is 12.0 Å². The van der Waals surface area contributed by atoms with Crippen LogP contribution in [0.4, 0.5) is 0 Å². The van der Waals surface area contributed by atoms with Gasteiger partial charge in [0.25, 0.3) is 5.91 Å². The molecule has 5 heteroatoms. The Morgan fingerprint density at radius 1 is 1.56 bits per heavy atom. The van der Waals surface area contributed by atoms with Gasteiger partial charge in [-0.2, -0.15) is 0 Å². The van der Waals surface area contributed by atoms with Crippen molar-refractivity contribution < 1.29 is 9.53 Å².